The molecule has 1 aromatic carbocycles. The fourth-order valence-corrected chi connectivity index (χ4v) is 1.35. The summed E-state index contributed by atoms with van der Waals surface area (Å²) in [4.78, 5) is 4.33. The Balaban J connectivity index is 3.24. The van der Waals surface area contributed by atoms with Gasteiger partial charge in [-0.15, -0.1) is 0 Å². The second kappa shape index (κ2) is 5.30. The van der Waals surface area contributed by atoms with Crippen molar-refractivity contribution in [3.8, 4) is 0 Å². The molecule has 15 heavy (non-hydrogen) atoms. The quantitative estimate of drug-likeness (QED) is 0.508. The summed E-state index contributed by atoms with van der Waals surface area (Å²) in [6, 6.07) is 6.25. The Kier molecular flexibility index (Phi) is 4.04. The van der Waals surface area contributed by atoms with Crippen LogP contribution in [0.25, 0.3) is 6.08 Å². The van der Waals surface area contributed by atoms with E-state index in [4.69, 9.17) is 0 Å². The molecule has 1 aromatic rings. The van der Waals surface area contributed by atoms with Crippen molar-refractivity contribution in [1.29, 1.82) is 0 Å². The second-order valence-electron chi connectivity index (χ2n) is 3.54. The molecule has 0 saturated carbocycles. The molecule has 0 spiro atoms. The minimum Gasteiger partial charge on any atom is -0.261 e. The lowest BCUT2D eigenvalue weighted by molar-refractivity contribution is 1.41. The van der Waals surface area contributed by atoms with Crippen molar-refractivity contribution in [3.63, 3.8) is 0 Å². The third-order valence-corrected chi connectivity index (χ3v) is 2.16. The number of aryl methyl sites for hydroxylation is 1. The van der Waals surface area contributed by atoms with Crippen LogP contribution >= 0.6 is 0 Å². The first-order valence-electron chi connectivity index (χ1n) is 5.07. The normalized spacial score (nSPS) is 12.1. The third kappa shape index (κ3) is 3.21. The van der Waals surface area contributed by atoms with Crippen LogP contribution in [0.2, 0.25) is 0 Å². The van der Waals surface area contributed by atoms with Crippen molar-refractivity contribution in [1.82, 2.24) is 0 Å². The Labute approximate surface area is 91.9 Å². The number of benzene rings is 1. The zero-order chi connectivity index (χ0) is 11.3. The summed E-state index contributed by atoms with van der Waals surface area (Å²) in [5.74, 6) is 0. The summed E-state index contributed by atoms with van der Waals surface area (Å²) in [6.45, 7) is 9.79. The molecule has 0 aromatic heterocycles. The van der Waals surface area contributed by atoms with Crippen molar-refractivity contribution in [2.24, 2.45) is 4.99 Å². The van der Waals surface area contributed by atoms with Crippen LogP contribution in [0.15, 0.2) is 41.4 Å². The Hall–Kier alpha value is -1.63. The first-order valence-corrected chi connectivity index (χ1v) is 5.07. The average molecular weight is 199 g/mol. The number of rotatable bonds is 3. The van der Waals surface area contributed by atoms with Crippen LogP contribution in [0.3, 0.4) is 0 Å². The monoisotopic (exact) mass is 199 g/mol. The standard InChI is InChI=1S/C14H17N/c1-5-11(3)9-13-10-12(4)7-8-14(13)15-6-2/h5-10H,1H2,2-4H3/b11-9-,15-6?. The highest BCUT2D eigenvalue weighted by Gasteiger charge is 1.98. The van der Waals surface area contributed by atoms with Crippen molar-refractivity contribution >= 4 is 18.0 Å². The van der Waals surface area contributed by atoms with E-state index < -0.39 is 0 Å². The van der Waals surface area contributed by atoms with Gasteiger partial charge in [0.15, 0.2) is 0 Å². The molecule has 0 N–H and O–H groups in total. The van der Waals surface area contributed by atoms with Gasteiger partial charge in [-0.1, -0.05) is 29.9 Å². The van der Waals surface area contributed by atoms with Crippen LogP contribution < -0.4 is 0 Å². The van der Waals surface area contributed by atoms with Gasteiger partial charge in [-0.3, -0.25) is 4.99 Å². The van der Waals surface area contributed by atoms with Gasteiger partial charge in [-0.05, 0) is 39.0 Å². The highest BCUT2D eigenvalue weighted by atomic mass is 14.7. The summed E-state index contributed by atoms with van der Waals surface area (Å²) in [6.07, 6.45) is 5.76. The Morgan fingerprint density at radius 3 is 2.73 bits per heavy atom. The maximum absolute atomic E-state index is 4.33. The summed E-state index contributed by atoms with van der Waals surface area (Å²) >= 11 is 0. The van der Waals surface area contributed by atoms with Crippen molar-refractivity contribution in [3.05, 3.63) is 47.6 Å². The second-order valence-corrected chi connectivity index (χ2v) is 3.54. The van der Waals surface area contributed by atoms with E-state index in [2.05, 4.69) is 36.7 Å². The lowest BCUT2D eigenvalue weighted by Crippen LogP contribution is -1.80. The molecule has 0 radical (unpaired) electrons. The summed E-state index contributed by atoms with van der Waals surface area (Å²) in [7, 11) is 0. The molecule has 0 amide bonds. The van der Waals surface area contributed by atoms with Gasteiger partial charge in [-0.25, -0.2) is 0 Å². The van der Waals surface area contributed by atoms with Gasteiger partial charge in [0.25, 0.3) is 0 Å². The van der Waals surface area contributed by atoms with Crippen LogP contribution in [0.1, 0.15) is 25.0 Å². The zero-order valence-electron chi connectivity index (χ0n) is 9.62. The predicted molar refractivity (Wildman–Crippen MR) is 68.9 cm³/mol. The molecule has 1 rings (SSSR count). The van der Waals surface area contributed by atoms with E-state index in [1.54, 1.807) is 0 Å². The molecular weight excluding hydrogens is 182 g/mol. The molecular formula is C14H17N. The fraction of sp³-hybridized carbons (Fsp3) is 0.214. The van der Waals surface area contributed by atoms with Crippen LogP contribution in [0.4, 0.5) is 5.69 Å². The smallest absolute Gasteiger partial charge is 0.0698 e. The molecule has 0 saturated heterocycles. The molecule has 0 aliphatic rings. The molecule has 0 atom stereocenters. The number of hydrogen-bond acceptors (Lipinski definition) is 1. The SMILES string of the molecule is C=C/C(C)=C\c1cc(C)ccc1N=CC. The van der Waals surface area contributed by atoms with Crippen LogP contribution in [0.5, 0.6) is 0 Å². The molecule has 0 fully saturated rings. The number of allylic oxidation sites excluding steroid dienone is 2. The largest absolute Gasteiger partial charge is 0.261 e. The minimum atomic E-state index is 1.00. The summed E-state index contributed by atoms with van der Waals surface area (Å²) in [5, 5.41) is 0. The van der Waals surface area contributed by atoms with E-state index in [9.17, 15) is 0 Å². The summed E-state index contributed by atoms with van der Waals surface area (Å²) in [5.41, 5.74) is 4.54. The molecule has 78 valence electrons. The van der Waals surface area contributed by atoms with Crippen molar-refractivity contribution in [2.45, 2.75) is 20.8 Å². The molecule has 0 heterocycles. The molecule has 0 unspecified atom stereocenters. The molecule has 0 aliphatic heterocycles. The van der Waals surface area contributed by atoms with E-state index in [-0.39, 0.29) is 0 Å². The van der Waals surface area contributed by atoms with Crippen LogP contribution in [-0.2, 0) is 0 Å². The average Bonchev–Trinajstić information content (AvgIpc) is 2.22. The van der Waals surface area contributed by atoms with E-state index in [0.717, 1.165) is 16.8 Å². The Bertz CT molecular complexity index is 411. The highest BCUT2D eigenvalue weighted by Crippen LogP contribution is 2.23. The number of nitrogens with zero attached hydrogens (tertiary/aromatic N) is 1. The first-order chi connectivity index (χ1) is 7.17. The Morgan fingerprint density at radius 1 is 1.40 bits per heavy atom. The van der Waals surface area contributed by atoms with Crippen molar-refractivity contribution < 1.29 is 0 Å². The predicted octanol–water partition coefficient (Wildman–Crippen LogP) is 4.31. The highest BCUT2D eigenvalue weighted by molar-refractivity contribution is 5.71. The number of hydrogen-bond donors (Lipinski definition) is 0. The van der Waals surface area contributed by atoms with Gasteiger partial charge in [0.1, 0.15) is 0 Å². The third-order valence-electron chi connectivity index (χ3n) is 2.16. The molecule has 0 bridgehead atoms. The van der Waals surface area contributed by atoms with E-state index in [0.29, 0.717) is 0 Å². The lowest BCUT2D eigenvalue weighted by Gasteiger charge is -2.03. The van der Waals surface area contributed by atoms with Gasteiger partial charge in [0.05, 0.1) is 5.69 Å². The van der Waals surface area contributed by atoms with E-state index in [1.165, 1.54) is 5.56 Å². The zero-order valence-corrected chi connectivity index (χ0v) is 9.62. The van der Waals surface area contributed by atoms with Gasteiger partial charge in [-0.2, -0.15) is 0 Å². The lowest BCUT2D eigenvalue weighted by atomic mass is 10.1. The first kappa shape index (κ1) is 11.4. The van der Waals surface area contributed by atoms with Gasteiger partial charge < -0.3 is 0 Å². The van der Waals surface area contributed by atoms with Crippen LogP contribution in [-0.4, -0.2) is 6.21 Å². The van der Waals surface area contributed by atoms with Gasteiger partial charge in [0.2, 0.25) is 0 Å². The maximum atomic E-state index is 4.33. The fourth-order valence-electron chi connectivity index (χ4n) is 1.35. The minimum absolute atomic E-state index is 1.00. The molecule has 0 aliphatic carbocycles. The van der Waals surface area contributed by atoms with Gasteiger partial charge in [0, 0.05) is 11.8 Å². The van der Waals surface area contributed by atoms with E-state index >= 15 is 0 Å². The summed E-state index contributed by atoms with van der Waals surface area (Å²) < 4.78 is 0. The topological polar surface area (TPSA) is 12.4 Å². The van der Waals surface area contributed by atoms with E-state index in [1.807, 2.05) is 32.2 Å². The Morgan fingerprint density at radius 2 is 2.13 bits per heavy atom. The van der Waals surface area contributed by atoms with Gasteiger partial charge >= 0.3 is 0 Å². The van der Waals surface area contributed by atoms with Crippen molar-refractivity contribution in [2.75, 3.05) is 0 Å². The molecule has 1 nitrogen and oxygen atoms in total. The number of aliphatic imine (C=N–C) groups is 1. The van der Waals surface area contributed by atoms with Crippen LogP contribution in [0, 0.1) is 6.92 Å². The maximum Gasteiger partial charge on any atom is 0.0698 e. The molecule has 1 heteroatoms.